The summed E-state index contributed by atoms with van der Waals surface area (Å²) >= 11 is 0.736. The normalized spacial score (nSPS) is 21.9. The Labute approximate surface area is 100 Å². The third-order valence-corrected chi connectivity index (χ3v) is 3.51. The van der Waals surface area contributed by atoms with Gasteiger partial charge in [-0.3, -0.25) is 0 Å². The van der Waals surface area contributed by atoms with Crippen molar-refractivity contribution in [3.8, 4) is 0 Å². The third-order valence-electron chi connectivity index (χ3n) is 2.75. The molecular weight excluding hydrogens is 255 g/mol. The Kier molecular flexibility index (Phi) is 3.53. The predicted molar refractivity (Wildman–Crippen MR) is 57.0 cm³/mol. The van der Waals surface area contributed by atoms with Crippen LogP contribution in [0.3, 0.4) is 0 Å². The van der Waals surface area contributed by atoms with Gasteiger partial charge in [-0.1, -0.05) is 0 Å². The second kappa shape index (κ2) is 4.77. The van der Waals surface area contributed by atoms with Gasteiger partial charge in [0.2, 0.25) is 11.0 Å². The summed E-state index contributed by atoms with van der Waals surface area (Å²) in [4.78, 5) is 5.22. The lowest BCUT2D eigenvalue weighted by molar-refractivity contribution is -0.144. The highest BCUT2D eigenvalue weighted by Gasteiger charge is 2.37. The topological polar surface area (TPSA) is 49.2 Å². The van der Waals surface area contributed by atoms with Crippen LogP contribution in [-0.4, -0.2) is 33.7 Å². The molecule has 1 aliphatic rings. The van der Waals surface area contributed by atoms with E-state index < -0.39 is 12.0 Å². The molecule has 0 radical (unpaired) electrons. The summed E-state index contributed by atoms with van der Waals surface area (Å²) in [7, 11) is 0. The molecule has 0 amide bonds. The Balaban J connectivity index is 2.18. The third kappa shape index (κ3) is 2.68. The maximum atomic E-state index is 12.4. The van der Waals surface area contributed by atoms with Gasteiger partial charge in [-0.25, -0.2) is 0 Å². The van der Waals surface area contributed by atoms with Gasteiger partial charge in [-0.2, -0.15) is 22.5 Å². The first-order valence-electron chi connectivity index (χ1n) is 5.31. The van der Waals surface area contributed by atoms with Crippen molar-refractivity contribution in [3.63, 3.8) is 0 Å². The molecule has 1 saturated heterocycles. The summed E-state index contributed by atoms with van der Waals surface area (Å²) < 4.78 is 40.4. The Hall–Kier alpha value is -0.890. The molecule has 1 atom stereocenters. The summed E-state index contributed by atoms with van der Waals surface area (Å²) in [6.45, 7) is 0.554. The number of aliphatic hydroxyl groups is 1. The van der Waals surface area contributed by atoms with Crippen LogP contribution < -0.4 is 4.90 Å². The summed E-state index contributed by atoms with van der Waals surface area (Å²) in [6, 6.07) is -0.141. The Morgan fingerprint density at radius 3 is 2.76 bits per heavy atom. The molecule has 1 aromatic rings. The molecule has 8 heteroatoms. The van der Waals surface area contributed by atoms with Gasteiger partial charge < -0.3 is 10.0 Å². The molecule has 1 N–H and O–H groups in total. The molecular formula is C9H12F3N3OS. The second-order valence-corrected chi connectivity index (χ2v) is 4.65. The lowest BCUT2D eigenvalue weighted by atomic mass is 10.0. The highest BCUT2D eigenvalue weighted by Crippen LogP contribution is 2.32. The SMILES string of the molecule is OCC1CCCCN1c1nc(C(F)(F)F)ns1. The Morgan fingerprint density at radius 2 is 2.18 bits per heavy atom. The molecule has 2 heterocycles. The van der Waals surface area contributed by atoms with Crippen molar-refractivity contribution in [2.75, 3.05) is 18.1 Å². The number of alkyl halides is 3. The van der Waals surface area contributed by atoms with Crippen molar-refractivity contribution in [3.05, 3.63) is 5.82 Å². The molecule has 4 nitrogen and oxygen atoms in total. The van der Waals surface area contributed by atoms with E-state index in [2.05, 4.69) is 9.36 Å². The number of aliphatic hydroxyl groups excluding tert-OH is 1. The Morgan fingerprint density at radius 1 is 1.41 bits per heavy atom. The van der Waals surface area contributed by atoms with Crippen molar-refractivity contribution in [1.82, 2.24) is 9.36 Å². The maximum Gasteiger partial charge on any atom is 0.452 e. The van der Waals surface area contributed by atoms with E-state index in [4.69, 9.17) is 0 Å². The number of hydrogen-bond acceptors (Lipinski definition) is 5. The molecule has 0 spiro atoms. The maximum absolute atomic E-state index is 12.4. The first kappa shape index (κ1) is 12.6. The van der Waals surface area contributed by atoms with Crippen LogP contribution in [0.1, 0.15) is 25.1 Å². The minimum atomic E-state index is -4.50. The zero-order valence-electron chi connectivity index (χ0n) is 8.94. The average molecular weight is 267 g/mol. The molecule has 96 valence electrons. The highest BCUT2D eigenvalue weighted by molar-refractivity contribution is 7.09. The van der Waals surface area contributed by atoms with Gasteiger partial charge in [0, 0.05) is 18.1 Å². The summed E-state index contributed by atoms with van der Waals surface area (Å²) in [5, 5.41) is 9.43. The summed E-state index contributed by atoms with van der Waals surface area (Å²) in [5.41, 5.74) is 0. The van der Waals surface area contributed by atoms with Crippen LogP contribution in [-0.2, 0) is 6.18 Å². The van der Waals surface area contributed by atoms with E-state index in [1.165, 1.54) is 0 Å². The van der Waals surface area contributed by atoms with E-state index >= 15 is 0 Å². The van der Waals surface area contributed by atoms with Gasteiger partial charge in [-0.05, 0) is 19.3 Å². The van der Waals surface area contributed by atoms with Gasteiger partial charge in [0.15, 0.2) is 0 Å². The number of hydrogen-bond donors (Lipinski definition) is 1. The molecule has 2 rings (SSSR count). The lowest BCUT2D eigenvalue weighted by Crippen LogP contribution is -2.41. The number of halogens is 3. The van der Waals surface area contributed by atoms with E-state index in [0.717, 1.165) is 30.8 Å². The Bertz CT molecular complexity index is 382. The van der Waals surface area contributed by atoms with E-state index in [9.17, 15) is 18.3 Å². The summed E-state index contributed by atoms with van der Waals surface area (Å²) in [6.07, 6.45) is -1.85. The van der Waals surface area contributed by atoms with Crippen LogP contribution in [0.25, 0.3) is 0 Å². The number of rotatable bonds is 2. The lowest BCUT2D eigenvalue weighted by Gasteiger charge is -2.33. The van der Waals surface area contributed by atoms with Crippen molar-refractivity contribution < 1.29 is 18.3 Å². The fourth-order valence-electron chi connectivity index (χ4n) is 1.89. The van der Waals surface area contributed by atoms with Crippen molar-refractivity contribution in [1.29, 1.82) is 0 Å². The number of nitrogens with zero attached hydrogens (tertiary/aromatic N) is 3. The molecule has 1 fully saturated rings. The molecule has 1 unspecified atom stereocenters. The summed E-state index contributed by atoms with van der Waals surface area (Å²) in [5.74, 6) is -1.10. The molecule has 0 bridgehead atoms. The van der Waals surface area contributed by atoms with Crippen LogP contribution in [0.5, 0.6) is 0 Å². The van der Waals surface area contributed by atoms with Gasteiger partial charge in [0.25, 0.3) is 0 Å². The monoisotopic (exact) mass is 267 g/mol. The largest absolute Gasteiger partial charge is 0.452 e. The number of piperidine rings is 1. The quantitative estimate of drug-likeness (QED) is 0.889. The van der Waals surface area contributed by atoms with Crippen molar-refractivity contribution >= 4 is 16.7 Å². The van der Waals surface area contributed by atoms with Crippen molar-refractivity contribution in [2.45, 2.75) is 31.5 Å². The van der Waals surface area contributed by atoms with E-state index in [1.54, 1.807) is 4.90 Å². The van der Waals surface area contributed by atoms with E-state index in [-0.39, 0.29) is 17.8 Å². The zero-order chi connectivity index (χ0) is 12.5. The second-order valence-electron chi connectivity index (χ2n) is 3.92. The van der Waals surface area contributed by atoms with Crippen LogP contribution in [0, 0.1) is 0 Å². The minimum Gasteiger partial charge on any atom is -0.394 e. The van der Waals surface area contributed by atoms with E-state index in [1.807, 2.05) is 0 Å². The fraction of sp³-hybridized carbons (Fsp3) is 0.778. The molecule has 0 aliphatic carbocycles. The molecule has 17 heavy (non-hydrogen) atoms. The van der Waals surface area contributed by atoms with Gasteiger partial charge >= 0.3 is 6.18 Å². The minimum absolute atomic E-state index is 0.0685. The van der Waals surface area contributed by atoms with Crippen LogP contribution in [0.2, 0.25) is 0 Å². The first-order valence-corrected chi connectivity index (χ1v) is 6.08. The van der Waals surface area contributed by atoms with Crippen LogP contribution in [0.4, 0.5) is 18.3 Å². The average Bonchev–Trinajstić information content (AvgIpc) is 2.77. The van der Waals surface area contributed by atoms with Crippen LogP contribution in [0.15, 0.2) is 0 Å². The first-order chi connectivity index (χ1) is 8.02. The standard InChI is InChI=1S/C9H12F3N3OS/c10-9(11,12)7-13-8(17-14-7)15-4-2-1-3-6(15)5-16/h6,16H,1-5H2. The van der Waals surface area contributed by atoms with Gasteiger partial charge in [-0.15, -0.1) is 0 Å². The molecule has 1 aromatic heterocycles. The smallest absolute Gasteiger partial charge is 0.394 e. The van der Waals surface area contributed by atoms with Crippen molar-refractivity contribution in [2.24, 2.45) is 0 Å². The number of anilines is 1. The molecule has 0 saturated carbocycles. The van der Waals surface area contributed by atoms with E-state index in [0.29, 0.717) is 6.54 Å². The predicted octanol–water partition coefficient (Wildman–Crippen LogP) is 1.91. The fourth-order valence-corrected chi connectivity index (χ4v) is 2.67. The van der Waals surface area contributed by atoms with Gasteiger partial charge in [0.1, 0.15) is 0 Å². The molecule has 1 aliphatic heterocycles. The van der Waals surface area contributed by atoms with Crippen LogP contribution >= 0.6 is 11.5 Å². The highest BCUT2D eigenvalue weighted by atomic mass is 32.1. The number of aromatic nitrogens is 2. The molecule has 0 aromatic carbocycles. The zero-order valence-corrected chi connectivity index (χ0v) is 9.76. The van der Waals surface area contributed by atoms with Gasteiger partial charge in [0.05, 0.1) is 12.6 Å².